The number of carbonyl (C=O) groups excluding carboxylic acids is 1. The molecule has 150 valence electrons. The second kappa shape index (κ2) is 8.03. The van der Waals surface area contributed by atoms with Gasteiger partial charge in [-0.05, 0) is 63.1 Å². The van der Waals surface area contributed by atoms with Crippen molar-refractivity contribution in [2.45, 2.75) is 45.6 Å². The van der Waals surface area contributed by atoms with Crippen LogP contribution in [0.5, 0.6) is 0 Å². The number of hydrogen-bond acceptors (Lipinski definition) is 5. The number of nitrogens with zero attached hydrogens (tertiary/aromatic N) is 2. The summed E-state index contributed by atoms with van der Waals surface area (Å²) in [4.78, 5) is 19.2. The van der Waals surface area contributed by atoms with Gasteiger partial charge in [0.15, 0.2) is 0 Å². The summed E-state index contributed by atoms with van der Waals surface area (Å²) in [7, 11) is 0. The predicted molar refractivity (Wildman–Crippen MR) is 106 cm³/mol. The van der Waals surface area contributed by atoms with E-state index in [0.29, 0.717) is 29.6 Å². The minimum Gasteiger partial charge on any atom is -0.462 e. The number of rotatable bonds is 4. The number of esters is 1. The van der Waals surface area contributed by atoms with Crippen LogP contribution in [0.15, 0.2) is 18.3 Å². The molecule has 28 heavy (non-hydrogen) atoms. The molecule has 5 nitrogen and oxygen atoms in total. The summed E-state index contributed by atoms with van der Waals surface area (Å²) in [5.41, 5.74) is 2.65. The third-order valence-corrected chi connectivity index (χ3v) is 5.94. The first-order chi connectivity index (χ1) is 13.6. The van der Waals surface area contributed by atoms with Gasteiger partial charge in [-0.25, -0.2) is 9.18 Å². The molecule has 3 heterocycles. The summed E-state index contributed by atoms with van der Waals surface area (Å²) in [6.07, 6.45) is 6.23. The van der Waals surface area contributed by atoms with Crippen LogP contribution < -0.4 is 4.90 Å². The molecule has 0 bridgehead atoms. The minimum atomic E-state index is -0.407. The van der Waals surface area contributed by atoms with Gasteiger partial charge in [-0.3, -0.25) is 4.98 Å². The van der Waals surface area contributed by atoms with Crippen LogP contribution in [0.1, 0.15) is 48.5 Å². The largest absolute Gasteiger partial charge is 0.462 e. The van der Waals surface area contributed by atoms with E-state index >= 15 is 0 Å². The lowest BCUT2D eigenvalue weighted by atomic mass is 9.89. The van der Waals surface area contributed by atoms with E-state index in [-0.39, 0.29) is 5.82 Å². The first-order valence-electron chi connectivity index (χ1n) is 10.2. The Morgan fingerprint density at radius 2 is 2.11 bits per heavy atom. The summed E-state index contributed by atoms with van der Waals surface area (Å²) in [5, 5.41) is 0.679. The second-order valence-corrected chi connectivity index (χ2v) is 7.74. The van der Waals surface area contributed by atoms with Crippen molar-refractivity contribution in [3.05, 3.63) is 35.3 Å². The zero-order chi connectivity index (χ0) is 19.7. The molecule has 1 aromatic heterocycles. The SMILES string of the molecule is CCOC(=O)c1cnc2c(C)cc(F)cc2c1N1CCC(C2CCCO2)CC1. The highest BCUT2D eigenvalue weighted by molar-refractivity contribution is 6.06. The minimum absolute atomic E-state index is 0.291. The van der Waals surface area contributed by atoms with Crippen LogP contribution in [0.25, 0.3) is 10.9 Å². The van der Waals surface area contributed by atoms with Crippen LogP contribution in [0, 0.1) is 18.7 Å². The van der Waals surface area contributed by atoms with E-state index < -0.39 is 5.97 Å². The van der Waals surface area contributed by atoms with Crippen LogP contribution in [-0.2, 0) is 9.47 Å². The molecular weight excluding hydrogens is 359 g/mol. The van der Waals surface area contributed by atoms with Crippen LogP contribution in [0.3, 0.4) is 0 Å². The Hall–Kier alpha value is -2.21. The molecule has 2 aliphatic rings. The third kappa shape index (κ3) is 3.58. The van der Waals surface area contributed by atoms with E-state index in [4.69, 9.17) is 9.47 Å². The first-order valence-corrected chi connectivity index (χ1v) is 10.2. The van der Waals surface area contributed by atoms with Crippen molar-refractivity contribution >= 4 is 22.6 Å². The van der Waals surface area contributed by atoms with Crippen molar-refractivity contribution in [2.75, 3.05) is 31.2 Å². The molecule has 1 aromatic carbocycles. The lowest BCUT2D eigenvalue weighted by molar-refractivity contribution is 0.0515. The number of carbonyl (C=O) groups is 1. The highest BCUT2D eigenvalue weighted by Crippen LogP contribution is 2.36. The van der Waals surface area contributed by atoms with Gasteiger partial charge in [-0.15, -0.1) is 0 Å². The van der Waals surface area contributed by atoms with Crippen LogP contribution in [-0.4, -0.2) is 43.4 Å². The van der Waals surface area contributed by atoms with Crippen molar-refractivity contribution in [3.63, 3.8) is 0 Å². The molecule has 6 heteroatoms. The Kier molecular flexibility index (Phi) is 5.49. The maximum absolute atomic E-state index is 14.2. The maximum Gasteiger partial charge on any atom is 0.341 e. The Morgan fingerprint density at radius 3 is 2.79 bits per heavy atom. The summed E-state index contributed by atoms with van der Waals surface area (Å²) in [6.45, 7) is 6.40. The van der Waals surface area contributed by atoms with Gasteiger partial charge in [0.1, 0.15) is 11.4 Å². The van der Waals surface area contributed by atoms with Gasteiger partial charge in [0.05, 0.1) is 23.9 Å². The first kappa shape index (κ1) is 19.1. The molecule has 2 saturated heterocycles. The quantitative estimate of drug-likeness (QED) is 0.735. The lowest BCUT2D eigenvalue weighted by Crippen LogP contribution is -2.38. The molecule has 0 radical (unpaired) electrons. The lowest BCUT2D eigenvalue weighted by Gasteiger charge is -2.37. The summed E-state index contributed by atoms with van der Waals surface area (Å²) >= 11 is 0. The number of aryl methyl sites for hydroxylation is 1. The molecule has 0 amide bonds. The van der Waals surface area contributed by atoms with Gasteiger partial charge < -0.3 is 14.4 Å². The van der Waals surface area contributed by atoms with E-state index in [1.165, 1.54) is 12.1 Å². The number of pyridine rings is 1. The van der Waals surface area contributed by atoms with E-state index in [1.54, 1.807) is 13.1 Å². The van der Waals surface area contributed by atoms with Gasteiger partial charge in [-0.2, -0.15) is 0 Å². The van der Waals surface area contributed by atoms with E-state index in [2.05, 4.69) is 9.88 Å². The standard InChI is InChI=1S/C22H27FN2O3/c1-3-27-22(26)18-13-24-20-14(2)11-16(23)12-17(20)21(18)25-8-6-15(7-9-25)19-5-4-10-28-19/h11-13,15,19H,3-10H2,1-2H3. The van der Waals surface area contributed by atoms with Gasteiger partial charge in [0.2, 0.25) is 0 Å². The fourth-order valence-corrected chi connectivity index (χ4v) is 4.59. The molecule has 1 atom stereocenters. The van der Waals surface area contributed by atoms with E-state index in [1.807, 2.05) is 6.92 Å². The summed E-state index contributed by atoms with van der Waals surface area (Å²) < 4.78 is 25.3. The molecule has 2 fully saturated rings. The molecule has 0 saturated carbocycles. The predicted octanol–water partition coefficient (Wildman–Crippen LogP) is 4.25. The molecule has 0 spiro atoms. The van der Waals surface area contributed by atoms with Crippen molar-refractivity contribution < 1.29 is 18.7 Å². The molecular formula is C22H27FN2O3. The molecule has 2 aromatic rings. The smallest absolute Gasteiger partial charge is 0.341 e. The van der Waals surface area contributed by atoms with Gasteiger partial charge in [0.25, 0.3) is 0 Å². The number of aromatic nitrogens is 1. The maximum atomic E-state index is 14.2. The van der Waals surface area contributed by atoms with Crippen molar-refractivity contribution in [1.82, 2.24) is 4.98 Å². The number of ether oxygens (including phenoxy) is 2. The molecule has 0 aliphatic carbocycles. The second-order valence-electron chi connectivity index (χ2n) is 7.74. The number of fused-ring (bicyclic) bond motifs is 1. The van der Waals surface area contributed by atoms with Crippen LogP contribution >= 0.6 is 0 Å². The average Bonchev–Trinajstić information content (AvgIpc) is 3.22. The monoisotopic (exact) mass is 386 g/mol. The fraction of sp³-hybridized carbons (Fsp3) is 0.545. The molecule has 1 unspecified atom stereocenters. The molecule has 4 rings (SSSR count). The Morgan fingerprint density at radius 1 is 1.32 bits per heavy atom. The molecule has 0 N–H and O–H groups in total. The Bertz CT molecular complexity index is 872. The summed E-state index contributed by atoms with van der Waals surface area (Å²) in [6, 6.07) is 2.96. The normalized spacial score (nSPS) is 20.7. The zero-order valence-electron chi connectivity index (χ0n) is 16.5. The van der Waals surface area contributed by atoms with Crippen molar-refractivity contribution in [1.29, 1.82) is 0 Å². The summed E-state index contributed by atoms with van der Waals surface area (Å²) in [5.74, 6) is -0.172. The van der Waals surface area contributed by atoms with Gasteiger partial charge in [-0.1, -0.05) is 0 Å². The zero-order valence-corrected chi connectivity index (χ0v) is 16.5. The Labute approximate surface area is 164 Å². The number of benzene rings is 1. The fourth-order valence-electron chi connectivity index (χ4n) is 4.59. The third-order valence-electron chi connectivity index (χ3n) is 5.94. The number of anilines is 1. The highest BCUT2D eigenvalue weighted by Gasteiger charge is 2.31. The van der Waals surface area contributed by atoms with Gasteiger partial charge >= 0.3 is 5.97 Å². The van der Waals surface area contributed by atoms with E-state index in [0.717, 1.165) is 62.1 Å². The highest BCUT2D eigenvalue weighted by atomic mass is 19.1. The van der Waals surface area contributed by atoms with Crippen molar-refractivity contribution in [3.8, 4) is 0 Å². The molecule has 2 aliphatic heterocycles. The van der Waals surface area contributed by atoms with Crippen LogP contribution in [0.4, 0.5) is 10.1 Å². The average molecular weight is 386 g/mol. The number of halogens is 1. The Balaban J connectivity index is 1.71. The van der Waals surface area contributed by atoms with Crippen molar-refractivity contribution in [2.24, 2.45) is 5.92 Å². The number of piperidine rings is 1. The topological polar surface area (TPSA) is 51.7 Å². The van der Waals surface area contributed by atoms with E-state index in [9.17, 15) is 9.18 Å². The van der Waals surface area contributed by atoms with Gasteiger partial charge in [0, 0.05) is 31.3 Å². The number of hydrogen-bond donors (Lipinski definition) is 0. The van der Waals surface area contributed by atoms with Crippen LogP contribution in [0.2, 0.25) is 0 Å².